The van der Waals surface area contributed by atoms with Gasteiger partial charge in [-0.3, -0.25) is 24.0 Å². The molecule has 4 aliphatic heterocycles. The van der Waals surface area contributed by atoms with Crippen molar-refractivity contribution in [2.75, 3.05) is 19.9 Å². The van der Waals surface area contributed by atoms with Crippen molar-refractivity contribution in [3.8, 4) is 0 Å². The number of rotatable bonds is 9. The number of likely N-dealkylation sites (tertiary alicyclic amines) is 1. The number of hydrogen-bond donors (Lipinski definition) is 2. The van der Waals surface area contributed by atoms with Gasteiger partial charge in [-0.25, -0.2) is 0 Å². The second kappa shape index (κ2) is 12.7. The van der Waals surface area contributed by atoms with E-state index in [4.69, 9.17) is 23.8 Å². The Bertz CT molecular complexity index is 1340. The number of aliphatic hydroxyl groups is 1. The van der Waals surface area contributed by atoms with E-state index in [9.17, 15) is 24.3 Å². The zero-order valence-electron chi connectivity index (χ0n) is 25.6. The number of hydroxylamine groups is 2. The zero-order valence-corrected chi connectivity index (χ0v) is 27.8. The molecule has 246 valence electrons. The summed E-state index contributed by atoms with van der Waals surface area (Å²) in [5.74, 6) is -1.77. The van der Waals surface area contributed by atoms with Crippen molar-refractivity contribution in [2.24, 2.45) is 5.41 Å². The van der Waals surface area contributed by atoms with Crippen molar-refractivity contribution in [3.05, 3.63) is 33.4 Å². The minimum atomic E-state index is -1.35. The van der Waals surface area contributed by atoms with E-state index in [1.54, 1.807) is 30.7 Å². The fourth-order valence-corrected chi connectivity index (χ4v) is 7.98. The molecule has 4 saturated heterocycles. The normalized spacial score (nSPS) is 33.0. The van der Waals surface area contributed by atoms with E-state index < -0.39 is 71.4 Å². The van der Waals surface area contributed by atoms with Crippen LogP contribution in [0.5, 0.6) is 0 Å². The number of esters is 2. The van der Waals surface area contributed by atoms with E-state index in [2.05, 4.69) is 27.9 Å². The van der Waals surface area contributed by atoms with Crippen LogP contribution in [0.3, 0.4) is 0 Å². The minimum Gasteiger partial charge on any atom is -0.460 e. The molecule has 1 aromatic rings. The molecule has 5 fully saturated rings. The Kier molecular flexibility index (Phi) is 9.17. The van der Waals surface area contributed by atoms with Crippen LogP contribution in [0, 0.1) is 8.99 Å². The van der Waals surface area contributed by atoms with E-state index in [-0.39, 0.29) is 45.1 Å². The van der Waals surface area contributed by atoms with Gasteiger partial charge >= 0.3 is 11.9 Å². The SMILES string of the molecule is CC(C)(C)OC(=O)CCC(CO)NC(=O)C1CCCN1C(=O)C12CC3OC(=O)C1N(Cc1cccc(I)c1)OC2C1OCOC31. The molecule has 0 radical (unpaired) electrons. The van der Waals surface area contributed by atoms with Gasteiger partial charge in [0.25, 0.3) is 0 Å². The van der Waals surface area contributed by atoms with Crippen molar-refractivity contribution in [1.29, 1.82) is 0 Å². The fourth-order valence-electron chi connectivity index (χ4n) is 7.37. The Labute approximate surface area is 275 Å². The number of ether oxygens (including phenoxy) is 4. The second-order valence-corrected chi connectivity index (χ2v) is 14.6. The Hall–Kier alpha value is -2.37. The molecule has 4 heterocycles. The smallest absolute Gasteiger partial charge is 0.327 e. The molecule has 0 aromatic heterocycles. The summed E-state index contributed by atoms with van der Waals surface area (Å²) < 4.78 is 24.0. The molecule has 8 atom stereocenters. The number of halogens is 1. The lowest BCUT2D eigenvalue weighted by Crippen LogP contribution is -2.70. The molecule has 5 aliphatic rings. The van der Waals surface area contributed by atoms with E-state index in [0.29, 0.717) is 19.4 Å². The van der Waals surface area contributed by atoms with Crippen LogP contribution in [-0.4, -0.2) is 107 Å². The van der Waals surface area contributed by atoms with Gasteiger partial charge in [0.2, 0.25) is 11.8 Å². The number of aliphatic hydroxyl groups excluding tert-OH is 1. The third-order valence-electron chi connectivity index (χ3n) is 9.20. The summed E-state index contributed by atoms with van der Waals surface area (Å²) in [4.78, 5) is 62.4. The molecule has 13 nitrogen and oxygen atoms in total. The molecular weight excluding hydrogens is 701 g/mol. The molecule has 2 N–H and O–H groups in total. The standard InChI is InChI=1S/C31H40IN3O10/c1-30(2,3)44-22(37)10-9-19(15-36)33-27(38)20-8-5-11-34(20)29(40)31-13-21-23-24(42-16-41-23)26(31)45-35(25(31)28(39)43-21)14-17-6-4-7-18(32)12-17/h4,6-7,12,19-21,23-26,36H,5,8-11,13-16H2,1-3H3,(H,33,38). The number of nitrogens with one attached hydrogen (secondary N) is 1. The molecule has 14 heteroatoms. The van der Waals surface area contributed by atoms with Gasteiger partial charge in [-0.15, -0.1) is 0 Å². The first-order valence-corrected chi connectivity index (χ1v) is 16.5. The van der Waals surface area contributed by atoms with E-state index in [1.165, 1.54) is 0 Å². The van der Waals surface area contributed by atoms with Crippen molar-refractivity contribution in [3.63, 3.8) is 0 Å². The van der Waals surface area contributed by atoms with Crippen LogP contribution >= 0.6 is 22.6 Å². The van der Waals surface area contributed by atoms with Crippen LogP contribution in [0.1, 0.15) is 58.4 Å². The second-order valence-electron chi connectivity index (χ2n) is 13.4. The summed E-state index contributed by atoms with van der Waals surface area (Å²) in [5.41, 5.74) is -1.10. The van der Waals surface area contributed by atoms with Gasteiger partial charge in [0.1, 0.15) is 48.3 Å². The van der Waals surface area contributed by atoms with Gasteiger partial charge in [0.15, 0.2) is 6.04 Å². The predicted molar refractivity (Wildman–Crippen MR) is 164 cm³/mol. The highest BCUT2D eigenvalue weighted by Gasteiger charge is 2.75. The lowest BCUT2D eigenvalue weighted by Gasteiger charge is -2.50. The Morgan fingerprint density at radius 3 is 2.73 bits per heavy atom. The minimum absolute atomic E-state index is 0.00432. The lowest BCUT2D eigenvalue weighted by molar-refractivity contribution is -0.204. The summed E-state index contributed by atoms with van der Waals surface area (Å²) in [6.45, 7) is 5.49. The molecule has 1 aliphatic carbocycles. The molecule has 1 saturated carbocycles. The molecule has 2 bridgehead atoms. The van der Waals surface area contributed by atoms with Crippen LogP contribution in [0.15, 0.2) is 24.3 Å². The summed E-state index contributed by atoms with van der Waals surface area (Å²) in [6.07, 6.45) is -1.33. The number of amides is 2. The topological polar surface area (TPSA) is 153 Å². The van der Waals surface area contributed by atoms with E-state index in [0.717, 1.165) is 9.13 Å². The summed E-state index contributed by atoms with van der Waals surface area (Å²) in [6, 6.07) is 5.23. The summed E-state index contributed by atoms with van der Waals surface area (Å²) in [7, 11) is 0. The van der Waals surface area contributed by atoms with Crippen molar-refractivity contribution >= 4 is 46.3 Å². The van der Waals surface area contributed by atoms with Gasteiger partial charge in [0.05, 0.1) is 19.2 Å². The molecule has 0 spiro atoms. The van der Waals surface area contributed by atoms with Gasteiger partial charge < -0.3 is 34.3 Å². The van der Waals surface area contributed by atoms with Gasteiger partial charge in [-0.05, 0) is 80.3 Å². The third-order valence-corrected chi connectivity index (χ3v) is 9.87. The van der Waals surface area contributed by atoms with E-state index >= 15 is 0 Å². The largest absolute Gasteiger partial charge is 0.460 e. The summed E-state index contributed by atoms with van der Waals surface area (Å²) in [5, 5.41) is 14.3. The highest BCUT2D eigenvalue weighted by Crippen LogP contribution is 2.56. The average molecular weight is 742 g/mol. The third kappa shape index (κ3) is 6.21. The quantitative estimate of drug-likeness (QED) is 0.279. The van der Waals surface area contributed by atoms with Gasteiger partial charge in [-0.1, -0.05) is 12.1 Å². The number of carbonyl (C=O) groups excluding carboxylic acids is 4. The molecule has 6 rings (SSSR count). The van der Waals surface area contributed by atoms with Crippen LogP contribution in [0.25, 0.3) is 0 Å². The highest BCUT2D eigenvalue weighted by molar-refractivity contribution is 14.1. The number of hydrogen-bond acceptors (Lipinski definition) is 11. The van der Waals surface area contributed by atoms with Crippen molar-refractivity contribution in [1.82, 2.24) is 15.3 Å². The number of fused-ring (bicyclic) bond motifs is 4. The first-order chi connectivity index (χ1) is 21.4. The van der Waals surface area contributed by atoms with Gasteiger partial charge in [-0.2, -0.15) is 5.06 Å². The molecule has 1 aromatic carbocycles. The molecule has 2 amide bonds. The maximum atomic E-state index is 14.8. The lowest BCUT2D eigenvalue weighted by atomic mass is 9.62. The van der Waals surface area contributed by atoms with Crippen LogP contribution in [0.4, 0.5) is 0 Å². The van der Waals surface area contributed by atoms with Crippen LogP contribution in [-0.2, 0) is 49.5 Å². The van der Waals surface area contributed by atoms with Crippen LogP contribution in [0.2, 0.25) is 0 Å². The molecular formula is C31H40IN3O10. The first-order valence-electron chi connectivity index (χ1n) is 15.5. The highest BCUT2D eigenvalue weighted by atomic mass is 127. The summed E-state index contributed by atoms with van der Waals surface area (Å²) >= 11 is 2.22. The molecule has 8 unspecified atom stereocenters. The monoisotopic (exact) mass is 741 g/mol. The number of carbonyl (C=O) groups is 4. The maximum absolute atomic E-state index is 14.8. The maximum Gasteiger partial charge on any atom is 0.327 e. The Morgan fingerprint density at radius 2 is 2.00 bits per heavy atom. The number of nitrogens with zero attached hydrogens (tertiary/aromatic N) is 2. The average Bonchev–Trinajstić information content (AvgIpc) is 3.72. The number of benzene rings is 1. The van der Waals surface area contributed by atoms with Crippen LogP contribution < -0.4 is 5.32 Å². The molecule has 45 heavy (non-hydrogen) atoms. The Balaban J connectivity index is 1.23. The van der Waals surface area contributed by atoms with Crippen molar-refractivity contribution in [2.45, 2.75) is 108 Å². The van der Waals surface area contributed by atoms with Crippen molar-refractivity contribution < 1.29 is 48.1 Å². The predicted octanol–water partition coefficient (Wildman–Crippen LogP) is 1.42. The van der Waals surface area contributed by atoms with E-state index in [1.807, 2.05) is 24.3 Å². The Morgan fingerprint density at radius 1 is 1.22 bits per heavy atom. The van der Waals surface area contributed by atoms with Gasteiger partial charge in [0, 0.05) is 23.0 Å². The zero-order chi connectivity index (χ0) is 32.1. The fraction of sp³-hybridized carbons (Fsp3) is 0.677. The first kappa shape index (κ1) is 32.6.